The second kappa shape index (κ2) is 5.47. The third-order valence-corrected chi connectivity index (χ3v) is 5.37. The number of carbonyl (C=O) groups excluding carboxylic acids is 1. The summed E-state index contributed by atoms with van der Waals surface area (Å²) >= 11 is 0. The highest BCUT2D eigenvalue weighted by Crippen LogP contribution is 2.23. The van der Waals surface area contributed by atoms with Gasteiger partial charge in [-0.3, -0.25) is 4.79 Å². The number of rotatable bonds is 3. The average Bonchev–Trinajstić information content (AvgIpc) is 2.54. The highest BCUT2D eigenvalue weighted by Gasteiger charge is 2.29. The summed E-state index contributed by atoms with van der Waals surface area (Å²) in [5.74, 6) is -0.830. The van der Waals surface area contributed by atoms with Crippen molar-refractivity contribution in [3.8, 4) is 0 Å². The van der Waals surface area contributed by atoms with E-state index < -0.39 is 15.9 Å². The van der Waals surface area contributed by atoms with Crippen molar-refractivity contribution in [2.24, 2.45) is 5.73 Å². The Morgan fingerprint density at radius 1 is 1.23 bits per heavy atom. The van der Waals surface area contributed by atoms with Gasteiger partial charge in [-0.25, -0.2) is 18.4 Å². The van der Waals surface area contributed by atoms with Crippen LogP contribution in [0.1, 0.15) is 21.9 Å². The van der Waals surface area contributed by atoms with Crippen LogP contribution in [0.5, 0.6) is 0 Å². The molecule has 2 N–H and O–H groups in total. The summed E-state index contributed by atoms with van der Waals surface area (Å²) in [6.07, 6.45) is 2.04. The minimum atomic E-state index is -3.58. The third-order valence-electron chi connectivity index (χ3n) is 3.51. The lowest BCUT2D eigenvalue weighted by Crippen LogP contribution is -2.37. The first-order valence-electron chi connectivity index (χ1n) is 6.68. The van der Waals surface area contributed by atoms with Crippen LogP contribution in [-0.4, -0.2) is 35.1 Å². The quantitative estimate of drug-likeness (QED) is 0.877. The number of nitrogens with zero attached hydrogens (tertiary/aromatic N) is 3. The smallest absolute Gasteiger partial charge is 0.286 e. The molecule has 0 bridgehead atoms. The van der Waals surface area contributed by atoms with Gasteiger partial charge in [-0.05, 0) is 24.1 Å². The number of fused-ring (bicyclic) bond motifs is 1. The number of nitrogens with two attached hydrogens (primary N) is 1. The van der Waals surface area contributed by atoms with Gasteiger partial charge >= 0.3 is 0 Å². The topological polar surface area (TPSA) is 106 Å². The van der Waals surface area contributed by atoms with Gasteiger partial charge in [0.05, 0.1) is 17.1 Å². The normalized spacial score (nSPS) is 15.3. The Morgan fingerprint density at radius 2 is 1.95 bits per heavy atom. The van der Waals surface area contributed by atoms with Crippen LogP contribution in [0, 0.1) is 0 Å². The van der Waals surface area contributed by atoms with E-state index in [4.69, 9.17) is 5.73 Å². The Bertz CT molecular complexity index is 821. The van der Waals surface area contributed by atoms with Crippen molar-refractivity contribution in [3.63, 3.8) is 0 Å². The standard InChI is InChI=1S/C14H14N4O3S/c15-13(19)14-16-8-10-6-7-18(9-12(10)17-14)22(20,21)11-4-2-1-3-5-11/h1-5,8H,6-7,9H2,(H2,15,19). The summed E-state index contributed by atoms with van der Waals surface area (Å²) in [4.78, 5) is 19.4. The molecule has 2 aromatic rings. The van der Waals surface area contributed by atoms with Crippen LogP contribution in [0.25, 0.3) is 0 Å². The van der Waals surface area contributed by atoms with E-state index in [0.29, 0.717) is 18.7 Å². The zero-order valence-electron chi connectivity index (χ0n) is 11.6. The van der Waals surface area contributed by atoms with E-state index in [1.807, 2.05) is 0 Å². The summed E-state index contributed by atoms with van der Waals surface area (Å²) in [5, 5.41) is 0. The van der Waals surface area contributed by atoms with Gasteiger partial charge in [0.25, 0.3) is 5.91 Å². The highest BCUT2D eigenvalue weighted by molar-refractivity contribution is 7.89. The predicted octanol–water partition coefficient (Wildman–Crippen LogP) is 0.322. The predicted molar refractivity (Wildman–Crippen MR) is 78.3 cm³/mol. The molecule has 8 heteroatoms. The van der Waals surface area contributed by atoms with Crippen LogP contribution in [0.2, 0.25) is 0 Å². The number of carbonyl (C=O) groups is 1. The number of hydrogen-bond donors (Lipinski definition) is 1. The van der Waals surface area contributed by atoms with E-state index >= 15 is 0 Å². The summed E-state index contributed by atoms with van der Waals surface area (Å²) in [7, 11) is -3.58. The summed E-state index contributed by atoms with van der Waals surface area (Å²) in [6, 6.07) is 8.23. The monoisotopic (exact) mass is 318 g/mol. The Morgan fingerprint density at radius 3 is 2.64 bits per heavy atom. The van der Waals surface area contributed by atoms with E-state index in [2.05, 4.69) is 9.97 Å². The lowest BCUT2D eigenvalue weighted by atomic mass is 10.1. The van der Waals surface area contributed by atoms with Gasteiger partial charge in [0.2, 0.25) is 15.8 Å². The van der Waals surface area contributed by atoms with Crippen molar-refractivity contribution in [1.29, 1.82) is 0 Å². The van der Waals surface area contributed by atoms with Crippen LogP contribution >= 0.6 is 0 Å². The van der Waals surface area contributed by atoms with Gasteiger partial charge in [0, 0.05) is 12.7 Å². The molecule has 7 nitrogen and oxygen atoms in total. The molecule has 0 saturated heterocycles. The molecule has 0 spiro atoms. The molecule has 1 amide bonds. The minimum absolute atomic E-state index is 0.0993. The number of amides is 1. The molecule has 2 heterocycles. The molecular weight excluding hydrogens is 304 g/mol. The Labute approximate surface area is 127 Å². The SMILES string of the molecule is NC(=O)c1ncc2c(n1)CN(S(=O)(=O)c1ccccc1)CC2. The molecule has 0 fully saturated rings. The summed E-state index contributed by atoms with van der Waals surface area (Å²) < 4.78 is 26.6. The van der Waals surface area contributed by atoms with Crippen LogP contribution in [-0.2, 0) is 23.0 Å². The number of hydrogen-bond acceptors (Lipinski definition) is 5. The molecule has 114 valence electrons. The maximum Gasteiger partial charge on any atom is 0.286 e. The maximum absolute atomic E-state index is 12.6. The van der Waals surface area contributed by atoms with Crippen LogP contribution in [0.15, 0.2) is 41.4 Å². The molecule has 1 aliphatic rings. The lowest BCUT2D eigenvalue weighted by Gasteiger charge is -2.27. The van der Waals surface area contributed by atoms with Crippen molar-refractivity contribution >= 4 is 15.9 Å². The zero-order chi connectivity index (χ0) is 15.7. The van der Waals surface area contributed by atoms with Gasteiger partial charge in [0.1, 0.15) is 0 Å². The average molecular weight is 318 g/mol. The van der Waals surface area contributed by atoms with Gasteiger partial charge in [-0.15, -0.1) is 0 Å². The highest BCUT2D eigenvalue weighted by atomic mass is 32.2. The van der Waals surface area contributed by atoms with Gasteiger partial charge in [-0.1, -0.05) is 18.2 Å². The fourth-order valence-electron chi connectivity index (χ4n) is 2.34. The Hall–Kier alpha value is -2.32. The molecule has 1 aromatic carbocycles. The molecule has 0 radical (unpaired) electrons. The fourth-order valence-corrected chi connectivity index (χ4v) is 3.77. The maximum atomic E-state index is 12.6. The van der Waals surface area contributed by atoms with Crippen molar-refractivity contribution < 1.29 is 13.2 Å². The number of sulfonamides is 1. The van der Waals surface area contributed by atoms with Crippen molar-refractivity contribution in [1.82, 2.24) is 14.3 Å². The molecule has 0 aliphatic carbocycles. The van der Waals surface area contributed by atoms with Crippen LogP contribution in [0.3, 0.4) is 0 Å². The first-order valence-corrected chi connectivity index (χ1v) is 8.12. The van der Waals surface area contributed by atoms with E-state index in [0.717, 1.165) is 5.56 Å². The molecule has 3 rings (SSSR count). The van der Waals surface area contributed by atoms with Crippen LogP contribution < -0.4 is 5.73 Å². The largest absolute Gasteiger partial charge is 0.363 e. The molecule has 0 atom stereocenters. The minimum Gasteiger partial charge on any atom is -0.363 e. The second-order valence-corrected chi connectivity index (χ2v) is 6.87. The van der Waals surface area contributed by atoms with E-state index in [1.54, 1.807) is 30.3 Å². The van der Waals surface area contributed by atoms with Gasteiger partial charge in [0.15, 0.2) is 0 Å². The third kappa shape index (κ3) is 2.58. The number of benzene rings is 1. The number of primary amides is 1. The number of aromatic nitrogens is 2. The van der Waals surface area contributed by atoms with Crippen molar-refractivity contribution in [2.45, 2.75) is 17.9 Å². The molecule has 0 saturated carbocycles. The van der Waals surface area contributed by atoms with E-state index in [1.165, 1.54) is 10.5 Å². The first kappa shape index (κ1) is 14.6. The van der Waals surface area contributed by atoms with Gasteiger partial charge in [-0.2, -0.15) is 4.31 Å². The van der Waals surface area contributed by atoms with Crippen molar-refractivity contribution in [2.75, 3.05) is 6.54 Å². The molecule has 22 heavy (non-hydrogen) atoms. The zero-order valence-corrected chi connectivity index (χ0v) is 12.5. The van der Waals surface area contributed by atoms with Crippen molar-refractivity contribution in [3.05, 3.63) is 53.6 Å². The second-order valence-electron chi connectivity index (χ2n) is 4.93. The first-order chi connectivity index (χ1) is 10.5. The van der Waals surface area contributed by atoms with E-state index in [-0.39, 0.29) is 17.3 Å². The van der Waals surface area contributed by atoms with E-state index in [9.17, 15) is 13.2 Å². The van der Waals surface area contributed by atoms with Gasteiger partial charge < -0.3 is 5.73 Å². The van der Waals surface area contributed by atoms with Crippen LogP contribution in [0.4, 0.5) is 0 Å². The summed E-state index contributed by atoms with van der Waals surface area (Å²) in [6.45, 7) is 0.457. The Balaban J connectivity index is 1.94. The molecule has 1 aromatic heterocycles. The summed E-state index contributed by atoms with van der Waals surface area (Å²) in [5.41, 5.74) is 6.52. The Kier molecular flexibility index (Phi) is 3.63. The molecule has 0 unspecified atom stereocenters. The molecule has 1 aliphatic heterocycles. The fraction of sp³-hybridized carbons (Fsp3) is 0.214. The molecular formula is C14H14N4O3S. The lowest BCUT2D eigenvalue weighted by molar-refractivity contribution is 0.0990.